The smallest absolute Gasteiger partial charge is 0.274 e. The number of aryl methyl sites for hydroxylation is 1. The highest BCUT2D eigenvalue weighted by atomic mass is 35.5. The first-order chi connectivity index (χ1) is 8.67. The molecule has 0 saturated heterocycles. The van der Waals surface area contributed by atoms with Crippen LogP contribution in [0.1, 0.15) is 18.2 Å². The van der Waals surface area contributed by atoms with Crippen LogP contribution in [-0.4, -0.2) is 16.3 Å². The predicted molar refractivity (Wildman–Crippen MR) is 73.5 cm³/mol. The molecular formula is C13H16ClN3O. The van der Waals surface area contributed by atoms with Crippen molar-refractivity contribution in [3.05, 3.63) is 50.9 Å². The maximum atomic E-state index is 12.3. The van der Waals surface area contributed by atoms with Gasteiger partial charge in [-0.1, -0.05) is 24.6 Å². The van der Waals surface area contributed by atoms with Gasteiger partial charge in [0.2, 0.25) is 0 Å². The Balaban J connectivity index is 2.55. The number of nitrogens with one attached hydrogen (secondary N) is 1. The Morgan fingerprint density at radius 3 is 2.83 bits per heavy atom. The van der Waals surface area contributed by atoms with Crippen LogP contribution in [0.2, 0.25) is 5.02 Å². The maximum Gasteiger partial charge on any atom is 0.274 e. The number of nitrogens with two attached hydrogens (primary N) is 1. The van der Waals surface area contributed by atoms with Gasteiger partial charge in [0.1, 0.15) is 0 Å². The van der Waals surface area contributed by atoms with E-state index in [1.165, 1.54) is 4.68 Å². The molecule has 3 N–H and O–H groups in total. The summed E-state index contributed by atoms with van der Waals surface area (Å²) < 4.78 is 1.52. The zero-order valence-electron chi connectivity index (χ0n) is 10.2. The average molecular weight is 266 g/mol. The number of aromatic nitrogens is 2. The lowest BCUT2D eigenvalue weighted by atomic mass is 10.1. The number of H-pyrrole nitrogens is 1. The van der Waals surface area contributed by atoms with E-state index >= 15 is 0 Å². The van der Waals surface area contributed by atoms with Gasteiger partial charge in [0.05, 0.1) is 5.69 Å². The number of benzene rings is 1. The molecule has 0 fully saturated rings. The lowest BCUT2D eigenvalue weighted by molar-refractivity contribution is 0.819. The van der Waals surface area contributed by atoms with Crippen molar-refractivity contribution in [3.8, 4) is 5.69 Å². The zero-order valence-corrected chi connectivity index (χ0v) is 11.0. The number of aromatic amines is 1. The molecule has 96 valence electrons. The van der Waals surface area contributed by atoms with Gasteiger partial charge in [-0.15, -0.1) is 0 Å². The van der Waals surface area contributed by atoms with Crippen LogP contribution in [0, 0.1) is 0 Å². The fourth-order valence-electron chi connectivity index (χ4n) is 2.01. The SMILES string of the molecule is CCc1[nH]n(-c2cccc(Cl)c2)c(=O)c1CCN. The third-order valence-electron chi connectivity index (χ3n) is 2.89. The van der Waals surface area contributed by atoms with Gasteiger partial charge in [-0.25, -0.2) is 4.68 Å². The summed E-state index contributed by atoms with van der Waals surface area (Å²) in [5, 5.41) is 3.72. The van der Waals surface area contributed by atoms with E-state index in [2.05, 4.69) is 5.10 Å². The molecule has 5 heteroatoms. The lowest BCUT2D eigenvalue weighted by Gasteiger charge is -2.01. The number of nitrogens with zero attached hydrogens (tertiary/aromatic N) is 1. The fourth-order valence-corrected chi connectivity index (χ4v) is 2.19. The number of rotatable bonds is 4. The van der Waals surface area contributed by atoms with Gasteiger partial charge in [-0.2, -0.15) is 0 Å². The summed E-state index contributed by atoms with van der Waals surface area (Å²) in [4.78, 5) is 12.3. The van der Waals surface area contributed by atoms with Crippen molar-refractivity contribution in [2.24, 2.45) is 5.73 Å². The molecule has 0 aliphatic heterocycles. The van der Waals surface area contributed by atoms with Crippen LogP contribution in [0.25, 0.3) is 5.69 Å². The molecule has 0 unspecified atom stereocenters. The molecule has 1 aromatic heterocycles. The number of hydrogen-bond acceptors (Lipinski definition) is 2. The molecule has 0 aliphatic carbocycles. The fraction of sp³-hybridized carbons (Fsp3) is 0.308. The Labute approximate surface area is 110 Å². The van der Waals surface area contributed by atoms with Crippen LogP contribution >= 0.6 is 11.6 Å². The summed E-state index contributed by atoms with van der Waals surface area (Å²) in [6.45, 7) is 2.48. The minimum atomic E-state index is -0.0421. The molecule has 0 bridgehead atoms. The lowest BCUT2D eigenvalue weighted by Crippen LogP contribution is -2.19. The van der Waals surface area contributed by atoms with Gasteiger partial charge in [-0.05, 0) is 37.6 Å². The molecule has 1 aromatic carbocycles. The molecule has 0 spiro atoms. The van der Waals surface area contributed by atoms with Gasteiger partial charge in [0.15, 0.2) is 0 Å². The van der Waals surface area contributed by atoms with E-state index < -0.39 is 0 Å². The minimum absolute atomic E-state index is 0.0421. The molecule has 0 radical (unpaired) electrons. The van der Waals surface area contributed by atoms with Crippen LogP contribution in [0.3, 0.4) is 0 Å². The molecule has 0 atom stereocenters. The molecule has 0 saturated carbocycles. The Bertz CT molecular complexity index is 601. The van der Waals surface area contributed by atoms with Gasteiger partial charge < -0.3 is 5.73 Å². The highest BCUT2D eigenvalue weighted by Crippen LogP contribution is 2.14. The molecule has 2 aromatic rings. The normalized spacial score (nSPS) is 10.8. The molecule has 0 amide bonds. The topological polar surface area (TPSA) is 63.8 Å². The molecule has 18 heavy (non-hydrogen) atoms. The van der Waals surface area contributed by atoms with Crippen molar-refractivity contribution in [2.75, 3.05) is 6.54 Å². The Morgan fingerprint density at radius 2 is 2.22 bits per heavy atom. The van der Waals surface area contributed by atoms with E-state index in [-0.39, 0.29) is 5.56 Å². The summed E-state index contributed by atoms with van der Waals surface area (Å²) in [5.41, 5.74) is 7.94. The second-order valence-electron chi connectivity index (χ2n) is 4.08. The van der Waals surface area contributed by atoms with Gasteiger partial charge >= 0.3 is 0 Å². The predicted octanol–water partition coefficient (Wildman–Crippen LogP) is 1.88. The average Bonchev–Trinajstić information content (AvgIpc) is 2.67. The molecule has 1 heterocycles. The molecule has 2 rings (SSSR count). The summed E-state index contributed by atoms with van der Waals surface area (Å²) in [7, 11) is 0. The second-order valence-corrected chi connectivity index (χ2v) is 4.52. The van der Waals surface area contributed by atoms with Crippen molar-refractivity contribution in [1.29, 1.82) is 0 Å². The molecular weight excluding hydrogens is 250 g/mol. The van der Waals surface area contributed by atoms with E-state index in [0.29, 0.717) is 18.0 Å². The van der Waals surface area contributed by atoms with Crippen molar-refractivity contribution in [2.45, 2.75) is 19.8 Å². The summed E-state index contributed by atoms with van der Waals surface area (Å²) in [6, 6.07) is 7.19. The summed E-state index contributed by atoms with van der Waals surface area (Å²) in [5.74, 6) is 0. The third-order valence-corrected chi connectivity index (χ3v) is 3.12. The van der Waals surface area contributed by atoms with Crippen LogP contribution < -0.4 is 11.3 Å². The van der Waals surface area contributed by atoms with Crippen molar-refractivity contribution >= 4 is 11.6 Å². The largest absolute Gasteiger partial charge is 0.330 e. The standard InChI is InChI=1S/C13H16ClN3O/c1-2-12-11(6-7-15)13(18)17(16-12)10-5-3-4-9(14)8-10/h3-5,8,16H,2,6-7,15H2,1H3. The van der Waals surface area contributed by atoms with E-state index in [1.807, 2.05) is 19.1 Å². The van der Waals surface area contributed by atoms with Gasteiger partial charge in [-0.3, -0.25) is 9.89 Å². The highest BCUT2D eigenvalue weighted by molar-refractivity contribution is 6.30. The minimum Gasteiger partial charge on any atom is -0.330 e. The van der Waals surface area contributed by atoms with E-state index in [0.717, 1.165) is 23.4 Å². The van der Waals surface area contributed by atoms with Crippen LogP contribution in [0.15, 0.2) is 29.1 Å². The Morgan fingerprint density at radius 1 is 1.44 bits per heavy atom. The Hall–Kier alpha value is -1.52. The molecule has 0 aliphatic rings. The second kappa shape index (κ2) is 5.42. The molecule has 4 nitrogen and oxygen atoms in total. The number of halogens is 1. The first kappa shape index (κ1) is 12.9. The third kappa shape index (κ3) is 2.35. The van der Waals surface area contributed by atoms with E-state index in [4.69, 9.17) is 17.3 Å². The van der Waals surface area contributed by atoms with Gasteiger partial charge in [0.25, 0.3) is 5.56 Å². The van der Waals surface area contributed by atoms with E-state index in [9.17, 15) is 4.79 Å². The first-order valence-corrected chi connectivity index (χ1v) is 6.34. The van der Waals surface area contributed by atoms with Crippen LogP contribution in [-0.2, 0) is 12.8 Å². The highest BCUT2D eigenvalue weighted by Gasteiger charge is 2.13. The van der Waals surface area contributed by atoms with E-state index in [1.54, 1.807) is 12.1 Å². The first-order valence-electron chi connectivity index (χ1n) is 5.96. The quantitative estimate of drug-likeness (QED) is 0.887. The Kier molecular flexibility index (Phi) is 3.89. The monoisotopic (exact) mass is 265 g/mol. The van der Waals surface area contributed by atoms with Gasteiger partial charge in [0, 0.05) is 16.3 Å². The summed E-state index contributed by atoms with van der Waals surface area (Å²) >= 11 is 5.94. The van der Waals surface area contributed by atoms with Crippen molar-refractivity contribution in [3.63, 3.8) is 0 Å². The van der Waals surface area contributed by atoms with Crippen LogP contribution in [0.4, 0.5) is 0 Å². The van der Waals surface area contributed by atoms with Crippen LogP contribution in [0.5, 0.6) is 0 Å². The zero-order chi connectivity index (χ0) is 13.1. The number of hydrogen-bond donors (Lipinski definition) is 2. The maximum absolute atomic E-state index is 12.3. The van der Waals surface area contributed by atoms with Crippen molar-refractivity contribution in [1.82, 2.24) is 9.78 Å². The van der Waals surface area contributed by atoms with Crippen molar-refractivity contribution < 1.29 is 0 Å². The summed E-state index contributed by atoms with van der Waals surface area (Å²) in [6.07, 6.45) is 1.37.